The normalized spacial score (nSPS) is 13.1. The predicted molar refractivity (Wildman–Crippen MR) is 83.1 cm³/mol. The minimum Gasteiger partial charge on any atom is -0.369 e. The molecule has 1 N–H and O–H groups in total. The molecule has 9 heteroatoms. The largest absolute Gasteiger partial charge is 0.430 e. The van der Waals surface area contributed by atoms with E-state index in [1.807, 2.05) is 0 Å². The van der Waals surface area contributed by atoms with E-state index in [1.54, 1.807) is 13.0 Å². The van der Waals surface area contributed by atoms with Gasteiger partial charge in [0.05, 0.1) is 0 Å². The molecule has 0 amide bonds. The molecule has 2 rings (SSSR count). The van der Waals surface area contributed by atoms with Crippen LogP contribution in [0.2, 0.25) is 0 Å². The highest BCUT2D eigenvalue weighted by Gasteiger charge is 2.71. The van der Waals surface area contributed by atoms with Gasteiger partial charge in [0.15, 0.2) is 0 Å². The van der Waals surface area contributed by atoms with Crippen LogP contribution in [0.15, 0.2) is 47.4 Å². The van der Waals surface area contributed by atoms with Gasteiger partial charge in [0, 0.05) is 16.2 Å². The Labute approximate surface area is 148 Å². The van der Waals surface area contributed by atoms with E-state index < -0.39 is 23.5 Å². The average Bonchev–Trinajstić information content (AvgIpc) is 2.53. The first-order chi connectivity index (χ1) is 11.9. The molecule has 0 aliphatic rings. The van der Waals surface area contributed by atoms with Crippen LogP contribution in [0, 0.1) is 12.7 Å². The number of thioether (sulfide) groups is 1. The molecule has 0 spiro atoms. The van der Waals surface area contributed by atoms with Gasteiger partial charge in [-0.1, -0.05) is 24.3 Å². The number of halogens is 7. The summed E-state index contributed by atoms with van der Waals surface area (Å²) in [4.78, 5) is 0.704. The van der Waals surface area contributed by atoms with Gasteiger partial charge >= 0.3 is 12.4 Å². The van der Waals surface area contributed by atoms with Crippen LogP contribution in [0.3, 0.4) is 0 Å². The Morgan fingerprint density at radius 1 is 0.885 bits per heavy atom. The Balaban J connectivity index is 2.20. The van der Waals surface area contributed by atoms with Crippen molar-refractivity contribution < 1.29 is 35.8 Å². The number of rotatable bonds is 4. The molecular weight excluding hydrogens is 385 g/mol. The first kappa shape index (κ1) is 20.6. The van der Waals surface area contributed by atoms with Crippen molar-refractivity contribution in [3.8, 4) is 0 Å². The van der Waals surface area contributed by atoms with E-state index in [0.717, 1.165) is 12.1 Å². The Hall–Kier alpha value is -1.74. The number of benzene rings is 2. The first-order valence-electron chi connectivity index (χ1n) is 7.20. The van der Waals surface area contributed by atoms with Crippen molar-refractivity contribution in [2.45, 2.75) is 35.5 Å². The molecule has 0 radical (unpaired) electrons. The molecule has 0 aliphatic carbocycles. The molecule has 0 fully saturated rings. The summed E-state index contributed by atoms with van der Waals surface area (Å²) in [6.45, 7) is 1.57. The molecule has 0 unspecified atom stereocenters. The van der Waals surface area contributed by atoms with Gasteiger partial charge in [0.25, 0.3) is 5.60 Å². The van der Waals surface area contributed by atoms with E-state index in [-0.39, 0.29) is 11.6 Å². The molecule has 26 heavy (non-hydrogen) atoms. The molecule has 142 valence electrons. The maximum Gasteiger partial charge on any atom is 0.430 e. The molecule has 0 saturated heterocycles. The van der Waals surface area contributed by atoms with Crippen molar-refractivity contribution in [1.82, 2.24) is 0 Å². The van der Waals surface area contributed by atoms with E-state index in [1.165, 1.54) is 23.9 Å². The van der Waals surface area contributed by atoms with Gasteiger partial charge in [0.1, 0.15) is 5.82 Å². The second-order valence-electron chi connectivity index (χ2n) is 5.60. The van der Waals surface area contributed by atoms with Crippen molar-refractivity contribution in [1.29, 1.82) is 0 Å². The van der Waals surface area contributed by atoms with Crippen LogP contribution in [0.25, 0.3) is 0 Å². The Kier molecular flexibility index (Phi) is 5.63. The Bertz CT molecular complexity index is 752. The SMILES string of the molecule is Cc1cc(SCc2ccc(C(O)(C(F)(F)F)C(F)(F)F)cc2)ccc1F. The van der Waals surface area contributed by atoms with Gasteiger partial charge in [-0.25, -0.2) is 4.39 Å². The van der Waals surface area contributed by atoms with Crippen LogP contribution < -0.4 is 0 Å². The minimum absolute atomic E-state index is 0.252. The molecule has 0 heterocycles. The summed E-state index contributed by atoms with van der Waals surface area (Å²) < 4.78 is 90.1. The highest BCUT2D eigenvalue weighted by molar-refractivity contribution is 7.98. The average molecular weight is 398 g/mol. The summed E-state index contributed by atoms with van der Waals surface area (Å²) in [7, 11) is 0. The van der Waals surface area contributed by atoms with Crippen molar-refractivity contribution >= 4 is 11.8 Å². The van der Waals surface area contributed by atoms with E-state index in [2.05, 4.69) is 0 Å². The summed E-state index contributed by atoms with van der Waals surface area (Å²) >= 11 is 1.25. The monoisotopic (exact) mass is 398 g/mol. The smallest absolute Gasteiger partial charge is 0.369 e. The lowest BCUT2D eigenvalue weighted by Gasteiger charge is -2.32. The zero-order valence-corrected chi connectivity index (χ0v) is 14.1. The van der Waals surface area contributed by atoms with Crippen LogP contribution in [0.1, 0.15) is 16.7 Å². The number of aryl methyl sites for hydroxylation is 1. The molecule has 0 aliphatic heterocycles. The number of alkyl halides is 6. The van der Waals surface area contributed by atoms with E-state index in [9.17, 15) is 35.8 Å². The van der Waals surface area contributed by atoms with E-state index in [4.69, 9.17) is 0 Å². The zero-order chi connectivity index (χ0) is 19.8. The Morgan fingerprint density at radius 2 is 1.42 bits per heavy atom. The second-order valence-corrected chi connectivity index (χ2v) is 6.65. The fraction of sp³-hybridized carbons (Fsp3) is 0.294. The van der Waals surface area contributed by atoms with Crippen molar-refractivity contribution in [2.24, 2.45) is 0 Å². The lowest BCUT2D eigenvalue weighted by Crippen LogP contribution is -2.53. The van der Waals surface area contributed by atoms with Crippen LogP contribution in [-0.4, -0.2) is 17.5 Å². The lowest BCUT2D eigenvalue weighted by atomic mass is 9.92. The van der Waals surface area contributed by atoms with Crippen molar-refractivity contribution in [3.63, 3.8) is 0 Å². The zero-order valence-electron chi connectivity index (χ0n) is 13.2. The van der Waals surface area contributed by atoms with Gasteiger partial charge in [-0.3, -0.25) is 0 Å². The fourth-order valence-corrected chi connectivity index (χ4v) is 3.15. The Morgan fingerprint density at radius 3 is 1.88 bits per heavy atom. The molecule has 0 atom stereocenters. The predicted octanol–water partition coefficient (Wildman–Crippen LogP) is 5.74. The topological polar surface area (TPSA) is 20.2 Å². The van der Waals surface area contributed by atoms with E-state index >= 15 is 0 Å². The van der Waals surface area contributed by atoms with Crippen molar-refractivity contribution in [2.75, 3.05) is 0 Å². The fourth-order valence-electron chi connectivity index (χ4n) is 2.20. The third kappa shape index (κ3) is 3.98. The van der Waals surface area contributed by atoms with Gasteiger partial charge in [0.2, 0.25) is 0 Å². The maximum absolute atomic E-state index is 13.2. The summed E-state index contributed by atoms with van der Waals surface area (Å²) in [6, 6.07) is 7.75. The summed E-state index contributed by atoms with van der Waals surface area (Å²) in [6.07, 6.45) is -11.8. The summed E-state index contributed by atoms with van der Waals surface area (Å²) in [5, 5.41) is 9.32. The van der Waals surface area contributed by atoms with Gasteiger partial charge in [-0.2, -0.15) is 26.3 Å². The van der Waals surface area contributed by atoms with E-state index in [0.29, 0.717) is 28.2 Å². The first-order valence-corrected chi connectivity index (χ1v) is 8.19. The molecule has 2 aromatic rings. The third-order valence-corrected chi connectivity index (χ3v) is 4.79. The van der Waals surface area contributed by atoms with Crippen LogP contribution >= 0.6 is 11.8 Å². The summed E-state index contributed by atoms with van der Waals surface area (Å²) in [5.41, 5.74) is -5.36. The molecule has 0 saturated carbocycles. The number of hydrogen-bond acceptors (Lipinski definition) is 2. The molecule has 0 bridgehead atoms. The van der Waals surface area contributed by atoms with Crippen molar-refractivity contribution in [3.05, 3.63) is 65.0 Å². The van der Waals surface area contributed by atoms with Crippen LogP contribution in [0.4, 0.5) is 30.7 Å². The van der Waals surface area contributed by atoms with Crippen LogP contribution in [-0.2, 0) is 11.4 Å². The standard InChI is InChI=1S/C17H13F7OS/c1-10-8-13(6-7-14(10)18)26-9-11-2-4-12(5-3-11)15(25,16(19,20)21)17(22,23)24/h2-8,25H,9H2,1H3. The van der Waals surface area contributed by atoms with Crippen LogP contribution in [0.5, 0.6) is 0 Å². The highest BCUT2D eigenvalue weighted by Crippen LogP contribution is 2.50. The highest BCUT2D eigenvalue weighted by atomic mass is 32.2. The number of aliphatic hydroxyl groups is 1. The quantitative estimate of drug-likeness (QED) is 0.524. The molecule has 2 aromatic carbocycles. The molecule has 1 nitrogen and oxygen atoms in total. The maximum atomic E-state index is 13.2. The molecular formula is C17H13F7OS. The van der Waals surface area contributed by atoms with Gasteiger partial charge < -0.3 is 5.11 Å². The summed E-state index contributed by atoms with van der Waals surface area (Å²) in [5.74, 6) is -0.126. The minimum atomic E-state index is -5.91. The van der Waals surface area contributed by atoms with Gasteiger partial charge in [-0.15, -0.1) is 11.8 Å². The molecule has 0 aromatic heterocycles. The number of hydrogen-bond donors (Lipinski definition) is 1. The second kappa shape index (κ2) is 7.11. The van der Waals surface area contributed by atoms with Gasteiger partial charge in [-0.05, 0) is 36.2 Å². The lowest BCUT2D eigenvalue weighted by molar-refractivity contribution is -0.376. The third-order valence-electron chi connectivity index (χ3n) is 3.73.